The Morgan fingerprint density at radius 3 is 2.67 bits per heavy atom. The van der Waals surface area contributed by atoms with Crippen LogP contribution in [0.5, 0.6) is 0 Å². The molecule has 5 nitrogen and oxygen atoms in total. The highest BCUT2D eigenvalue weighted by Gasteiger charge is 2.20. The van der Waals surface area contributed by atoms with Crippen molar-refractivity contribution in [3.05, 3.63) is 54.9 Å². The van der Waals surface area contributed by atoms with Crippen LogP contribution in [0.3, 0.4) is 0 Å². The fraction of sp³-hybridized carbons (Fsp3) is 0.235. The molecule has 3 aromatic rings. The molecule has 2 aromatic heterocycles. The van der Waals surface area contributed by atoms with Gasteiger partial charge >= 0.3 is 0 Å². The van der Waals surface area contributed by atoms with Gasteiger partial charge in [-0.1, -0.05) is 15.9 Å². The summed E-state index contributed by atoms with van der Waals surface area (Å²) in [5.41, 5.74) is 2.26. The van der Waals surface area contributed by atoms with Crippen molar-refractivity contribution in [3.63, 3.8) is 0 Å². The van der Waals surface area contributed by atoms with E-state index in [0.29, 0.717) is 26.5 Å². The summed E-state index contributed by atoms with van der Waals surface area (Å²) in [5.74, 6) is 0.407. The lowest BCUT2D eigenvalue weighted by molar-refractivity contribution is 0.103. The number of thiophene rings is 1. The number of nitrogens with one attached hydrogen (secondary N) is 1. The Balaban J connectivity index is 2.06. The first-order valence-corrected chi connectivity index (χ1v) is 8.94. The lowest BCUT2D eigenvalue weighted by Crippen LogP contribution is -2.20. The highest BCUT2D eigenvalue weighted by Crippen LogP contribution is 2.29. The maximum atomic E-state index is 12.7. The number of aryl methyl sites for hydroxylation is 3. The molecule has 7 heteroatoms. The number of amides is 1. The molecule has 1 N–H and O–H groups in total. The van der Waals surface area contributed by atoms with Crippen LogP contribution in [0.25, 0.3) is 10.2 Å². The van der Waals surface area contributed by atoms with E-state index in [0.717, 1.165) is 15.7 Å². The Labute approximate surface area is 151 Å². The normalized spacial score (nSPS) is 11.0. The molecule has 3 rings (SSSR count). The predicted molar refractivity (Wildman–Crippen MR) is 101 cm³/mol. The molecule has 24 heavy (non-hydrogen) atoms. The fourth-order valence-corrected chi connectivity index (χ4v) is 4.12. The van der Waals surface area contributed by atoms with Crippen LogP contribution in [0.2, 0.25) is 0 Å². The van der Waals surface area contributed by atoms with Crippen LogP contribution < -0.4 is 10.9 Å². The summed E-state index contributed by atoms with van der Waals surface area (Å²) in [6.07, 6.45) is 0. The molecule has 0 radical (unpaired) electrons. The van der Waals surface area contributed by atoms with Gasteiger partial charge in [0, 0.05) is 17.2 Å². The van der Waals surface area contributed by atoms with Crippen LogP contribution >= 0.6 is 27.3 Å². The van der Waals surface area contributed by atoms with Gasteiger partial charge < -0.3 is 5.32 Å². The molecule has 0 bridgehead atoms. The van der Waals surface area contributed by atoms with E-state index in [-0.39, 0.29) is 11.5 Å². The van der Waals surface area contributed by atoms with Crippen LogP contribution in [0.15, 0.2) is 27.5 Å². The van der Waals surface area contributed by atoms with E-state index in [1.165, 1.54) is 15.9 Å². The van der Waals surface area contributed by atoms with Crippen LogP contribution in [-0.2, 0) is 7.05 Å². The molecule has 0 atom stereocenters. The summed E-state index contributed by atoms with van der Waals surface area (Å²) in [4.78, 5) is 30.7. The molecule has 0 spiro atoms. The van der Waals surface area contributed by atoms with Crippen LogP contribution in [0, 0.1) is 20.8 Å². The average Bonchev–Trinajstić information content (AvgIpc) is 2.84. The van der Waals surface area contributed by atoms with Gasteiger partial charge in [-0.2, -0.15) is 0 Å². The van der Waals surface area contributed by atoms with Gasteiger partial charge in [0.2, 0.25) is 0 Å². The smallest absolute Gasteiger partial charge is 0.266 e. The molecule has 1 amide bonds. The quantitative estimate of drug-likeness (QED) is 0.702. The Hall–Kier alpha value is -1.99. The first-order chi connectivity index (χ1) is 11.3. The molecule has 0 aliphatic rings. The van der Waals surface area contributed by atoms with Crippen molar-refractivity contribution < 1.29 is 4.79 Å². The van der Waals surface area contributed by atoms with Gasteiger partial charge in [0.1, 0.15) is 10.7 Å². The van der Waals surface area contributed by atoms with Gasteiger partial charge in [-0.15, -0.1) is 11.3 Å². The lowest BCUT2D eigenvalue weighted by Gasteiger charge is -2.08. The highest BCUT2D eigenvalue weighted by atomic mass is 79.9. The highest BCUT2D eigenvalue weighted by molar-refractivity contribution is 9.10. The van der Waals surface area contributed by atoms with Crippen molar-refractivity contribution >= 4 is 49.1 Å². The minimum absolute atomic E-state index is 0.120. The van der Waals surface area contributed by atoms with Gasteiger partial charge in [0.05, 0.1) is 10.3 Å². The average molecular weight is 406 g/mol. The summed E-state index contributed by atoms with van der Waals surface area (Å²) in [6.45, 7) is 5.50. The Bertz CT molecular complexity index is 1040. The third-order valence-corrected chi connectivity index (χ3v) is 5.72. The number of anilines is 1. The molecule has 0 aliphatic carbocycles. The number of hydrogen-bond donors (Lipinski definition) is 1. The van der Waals surface area contributed by atoms with Crippen LogP contribution in [-0.4, -0.2) is 15.5 Å². The van der Waals surface area contributed by atoms with Crippen LogP contribution in [0.4, 0.5) is 5.69 Å². The molecular formula is C17H16BrN3O2S. The van der Waals surface area contributed by atoms with E-state index in [2.05, 4.69) is 26.2 Å². The Kier molecular flexibility index (Phi) is 4.31. The van der Waals surface area contributed by atoms with Crippen molar-refractivity contribution in [3.8, 4) is 0 Å². The molecule has 0 saturated carbocycles. The summed E-state index contributed by atoms with van der Waals surface area (Å²) in [5, 5.41) is 3.44. The van der Waals surface area contributed by atoms with E-state index < -0.39 is 0 Å². The number of carbonyl (C=O) groups excluding carboxylic acids is 1. The molecule has 1 aromatic carbocycles. The lowest BCUT2D eigenvalue weighted by atomic mass is 10.2. The van der Waals surface area contributed by atoms with Crippen molar-refractivity contribution in [1.82, 2.24) is 9.55 Å². The first-order valence-electron chi connectivity index (χ1n) is 7.34. The zero-order valence-corrected chi connectivity index (χ0v) is 16.1. The Morgan fingerprint density at radius 1 is 1.29 bits per heavy atom. The fourth-order valence-electron chi connectivity index (χ4n) is 2.53. The molecule has 0 fully saturated rings. The van der Waals surface area contributed by atoms with Crippen molar-refractivity contribution in [2.75, 3.05) is 5.32 Å². The maximum Gasteiger partial charge on any atom is 0.266 e. The monoisotopic (exact) mass is 405 g/mol. The number of fused-ring (bicyclic) bond motifs is 1. The predicted octanol–water partition coefficient (Wildman–Crippen LogP) is 3.94. The second-order valence-corrected chi connectivity index (χ2v) is 7.59. The van der Waals surface area contributed by atoms with Gasteiger partial charge in [0.25, 0.3) is 11.5 Å². The summed E-state index contributed by atoms with van der Waals surface area (Å²) >= 11 is 4.66. The number of hydrogen-bond acceptors (Lipinski definition) is 4. The van der Waals surface area contributed by atoms with Gasteiger partial charge in [-0.25, -0.2) is 4.98 Å². The van der Waals surface area contributed by atoms with E-state index in [4.69, 9.17) is 0 Å². The number of nitrogens with zero attached hydrogens (tertiary/aromatic N) is 2. The molecular weight excluding hydrogens is 390 g/mol. The van der Waals surface area contributed by atoms with Crippen molar-refractivity contribution in [2.24, 2.45) is 7.05 Å². The Morgan fingerprint density at radius 2 is 2.00 bits per heavy atom. The summed E-state index contributed by atoms with van der Waals surface area (Å²) in [6, 6.07) is 5.66. The number of halogens is 1. The zero-order chi connectivity index (χ0) is 17.6. The summed E-state index contributed by atoms with van der Waals surface area (Å²) < 4.78 is 2.46. The minimum atomic E-state index is -0.222. The molecule has 124 valence electrons. The molecule has 0 unspecified atom stereocenters. The third-order valence-electron chi connectivity index (χ3n) is 4.04. The number of aromatic nitrogens is 2. The number of rotatable bonds is 2. The zero-order valence-electron chi connectivity index (χ0n) is 13.7. The third kappa shape index (κ3) is 2.78. The minimum Gasteiger partial charge on any atom is -0.321 e. The maximum absolute atomic E-state index is 12.7. The second kappa shape index (κ2) is 6.14. The van der Waals surface area contributed by atoms with E-state index in [9.17, 15) is 9.59 Å². The van der Waals surface area contributed by atoms with E-state index >= 15 is 0 Å². The number of benzene rings is 1. The second-order valence-electron chi connectivity index (χ2n) is 5.67. The molecule has 2 heterocycles. The standard InChI is InChI=1S/C17H16BrN3O2S/c1-8-7-11(18)5-6-12(8)20-15(22)14-9(2)13-16(24-14)19-10(3)21(4)17(13)23/h5-7H,1-4H3,(H,20,22). The van der Waals surface area contributed by atoms with Gasteiger partial charge in [0.15, 0.2) is 0 Å². The first kappa shape index (κ1) is 16.9. The largest absolute Gasteiger partial charge is 0.321 e. The van der Waals surface area contributed by atoms with Crippen molar-refractivity contribution in [1.29, 1.82) is 0 Å². The SMILES string of the molecule is Cc1cc(Br)ccc1NC(=O)c1sc2nc(C)n(C)c(=O)c2c1C. The molecule has 0 saturated heterocycles. The van der Waals surface area contributed by atoms with Gasteiger partial charge in [-0.05, 0) is 50.1 Å². The topological polar surface area (TPSA) is 64.0 Å². The molecule has 0 aliphatic heterocycles. The number of carbonyl (C=O) groups is 1. The van der Waals surface area contributed by atoms with Crippen molar-refractivity contribution in [2.45, 2.75) is 20.8 Å². The van der Waals surface area contributed by atoms with Gasteiger partial charge in [-0.3, -0.25) is 14.2 Å². The van der Waals surface area contributed by atoms with E-state index in [1.807, 2.05) is 25.1 Å². The summed E-state index contributed by atoms with van der Waals surface area (Å²) in [7, 11) is 1.69. The van der Waals surface area contributed by atoms with E-state index in [1.54, 1.807) is 20.9 Å². The van der Waals surface area contributed by atoms with Crippen LogP contribution in [0.1, 0.15) is 26.6 Å².